The lowest BCUT2D eigenvalue weighted by molar-refractivity contribution is -0.191. The number of methoxy groups -OCH3 is 1. The van der Waals surface area contributed by atoms with Crippen molar-refractivity contribution in [2.45, 2.75) is 60.6 Å². The average Bonchev–Trinajstić information content (AvgIpc) is 2.80. The Hall–Kier alpha value is -4.03. The van der Waals surface area contributed by atoms with Crippen molar-refractivity contribution in [2.75, 3.05) is 12.0 Å². The highest BCUT2D eigenvalue weighted by molar-refractivity contribution is 5.90. The SMILES string of the molecule is COc1c(C)cnc(CN(C(=O)OC(C)(C)C)c2cc(-c3ccccc3C)c(C)cc2F)c1C.O=C=O. The molecular formula is C29H33FN2O5. The maximum Gasteiger partial charge on any atom is 0.415 e. The molecule has 196 valence electrons. The average molecular weight is 509 g/mol. The van der Waals surface area contributed by atoms with Gasteiger partial charge in [-0.3, -0.25) is 9.88 Å². The van der Waals surface area contributed by atoms with Gasteiger partial charge in [0.05, 0.1) is 25.0 Å². The Kier molecular flexibility index (Phi) is 9.69. The number of amides is 1. The van der Waals surface area contributed by atoms with Gasteiger partial charge < -0.3 is 9.47 Å². The summed E-state index contributed by atoms with van der Waals surface area (Å²) in [7, 11) is 1.60. The summed E-state index contributed by atoms with van der Waals surface area (Å²) < 4.78 is 26.6. The van der Waals surface area contributed by atoms with E-state index in [2.05, 4.69) is 4.98 Å². The van der Waals surface area contributed by atoms with E-state index in [9.17, 15) is 4.79 Å². The number of rotatable bonds is 5. The molecule has 7 nitrogen and oxygen atoms in total. The summed E-state index contributed by atoms with van der Waals surface area (Å²) in [6, 6.07) is 11.1. The zero-order valence-electron chi connectivity index (χ0n) is 22.6. The second kappa shape index (κ2) is 12.3. The summed E-state index contributed by atoms with van der Waals surface area (Å²) in [6.45, 7) is 13.0. The van der Waals surface area contributed by atoms with Crippen molar-refractivity contribution in [1.29, 1.82) is 0 Å². The second-order valence-electron chi connectivity index (χ2n) is 9.63. The van der Waals surface area contributed by atoms with E-state index in [0.29, 0.717) is 11.4 Å². The van der Waals surface area contributed by atoms with Gasteiger partial charge in [0.1, 0.15) is 17.2 Å². The molecule has 1 amide bonds. The van der Waals surface area contributed by atoms with Crippen molar-refractivity contribution in [3.8, 4) is 16.9 Å². The van der Waals surface area contributed by atoms with Crippen molar-refractivity contribution in [3.63, 3.8) is 0 Å². The maximum atomic E-state index is 15.4. The number of anilines is 1. The standard InChI is InChI=1S/C28H33FN2O3.CO2/c1-17-11-9-10-12-21(17)22-14-25(23(29)13-18(22)2)31(27(32)34-28(5,6)7)16-24-20(4)26(33-8)19(3)15-30-24;2-1-3/h9-15H,16H2,1-8H3;. The Morgan fingerprint density at radius 2 is 1.62 bits per heavy atom. The highest BCUT2D eigenvalue weighted by atomic mass is 19.1. The first-order valence-electron chi connectivity index (χ1n) is 11.7. The van der Waals surface area contributed by atoms with Gasteiger partial charge in [-0.25, -0.2) is 9.18 Å². The van der Waals surface area contributed by atoms with Gasteiger partial charge in [-0.15, -0.1) is 0 Å². The van der Waals surface area contributed by atoms with Crippen molar-refractivity contribution in [3.05, 3.63) is 76.4 Å². The van der Waals surface area contributed by atoms with Crippen molar-refractivity contribution < 1.29 is 28.2 Å². The van der Waals surface area contributed by atoms with Crippen LogP contribution < -0.4 is 9.64 Å². The monoisotopic (exact) mass is 508 g/mol. The number of ether oxygens (including phenoxy) is 2. The fourth-order valence-electron chi connectivity index (χ4n) is 3.98. The molecule has 0 aliphatic rings. The lowest BCUT2D eigenvalue weighted by Gasteiger charge is -2.29. The number of nitrogens with zero attached hydrogens (tertiary/aromatic N) is 2. The molecule has 8 heteroatoms. The van der Waals surface area contributed by atoms with Crippen LogP contribution in [0, 0.1) is 33.5 Å². The van der Waals surface area contributed by atoms with Crippen LogP contribution in [-0.2, 0) is 20.9 Å². The Balaban J connectivity index is 0.00000153. The van der Waals surface area contributed by atoms with Gasteiger partial charge >= 0.3 is 12.2 Å². The first-order chi connectivity index (χ1) is 17.3. The van der Waals surface area contributed by atoms with Gasteiger partial charge in [-0.2, -0.15) is 9.59 Å². The zero-order chi connectivity index (χ0) is 27.9. The normalized spacial score (nSPS) is 10.6. The van der Waals surface area contributed by atoms with Crippen LogP contribution in [0.15, 0.2) is 42.6 Å². The Morgan fingerprint density at radius 1 is 1.00 bits per heavy atom. The van der Waals surface area contributed by atoms with E-state index in [1.54, 1.807) is 40.1 Å². The third-order valence-electron chi connectivity index (χ3n) is 5.69. The van der Waals surface area contributed by atoms with Gasteiger partial charge in [0.25, 0.3) is 0 Å². The van der Waals surface area contributed by atoms with Crippen molar-refractivity contribution in [1.82, 2.24) is 4.98 Å². The minimum atomic E-state index is -0.747. The fraction of sp³-hybridized carbons (Fsp3) is 0.345. The molecule has 1 aromatic heterocycles. The maximum absolute atomic E-state index is 15.4. The molecule has 0 spiro atoms. The Labute approximate surface area is 217 Å². The lowest BCUT2D eigenvalue weighted by atomic mass is 9.95. The number of hydrogen-bond donors (Lipinski definition) is 0. The number of halogens is 1. The van der Waals surface area contributed by atoms with Crippen LogP contribution in [0.5, 0.6) is 5.75 Å². The van der Waals surface area contributed by atoms with E-state index < -0.39 is 17.5 Å². The molecule has 0 N–H and O–H groups in total. The fourth-order valence-corrected chi connectivity index (χ4v) is 3.98. The topological polar surface area (TPSA) is 85.8 Å². The first kappa shape index (κ1) is 29.2. The number of aromatic nitrogens is 1. The molecule has 2 aromatic carbocycles. The zero-order valence-corrected chi connectivity index (χ0v) is 22.6. The molecule has 0 atom stereocenters. The van der Waals surface area contributed by atoms with Crippen LogP contribution in [0.4, 0.5) is 14.9 Å². The first-order valence-corrected chi connectivity index (χ1v) is 11.7. The molecule has 0 unspecified atom stereocenters. The summed E-state index contributed by atoms with van der Waals surface area (Å²) in [5.74, 6) is 0.191. The molecule has 1 heterocycles. The van der Waals surface area contributed by atoms with E-state index in [-0.39, 0.29) is 18.4 Å². The van der Waals surface area contributed by atoms with Crippen LogP contribution >= 0.6 is 0 Å². The summed E-state index contributed by atoms with van der Waals surface area (Å²) in [4.78, 5) is 35.4. The highest BCUT2D eigenvalue weighted by Gasteiger charge is 2.28. The predicted octanol–water partition coefficient (Wildman–Crippen LogP) is 6.49. The smallest absolute Gasteiger partial charge is 0.415 e. The number of carbonyl (C=O) groups is 1. The number of benzene rings is 2. The minimum Gasteiger partial charge on any atom is -0.496 e. The summed E-state index contributed by atoms with van der Waals surface area (Å²) >= 11 is 0. The molecule has 0 aliphatic heterocycles. The van der Waals surface area contributed by atoms with Crippen molar-refractivity contribution in [2.24, 2.45) is 0 Å². The molecule has 0 aliphatic carbocycles. The summed E-state index contributed by atoms with van der Waals surface area (Å²) in [6.07, 6.45) is 1.30. The number of pyridine rings is 1. The summed E-state index contributed by atoms with van der Waals surface area (Å²) in [5.41, 5.74) is 5.36. The Bertz CT molecular complexity index is 1310. The molecule has 0 bridgehead atoms. The van der Waals surface area contributed by atoms with Crippen LogP contribution in [0.25, 0.3) is 11.1 Å². The molecule has 3 aromatic rings. The second-order valence-corrected chi connectivity index (χ2v) is 9.63. The van der Waals surface area contributed by atoms with Crippen LogP contribution in [0.1, 0.15) is 48.7 Å². The lowest BCUT2D eigenvalue weighted by Crippen LogP contribution is -2.37. The molecule has 37 heavy (non-hydrogen) atoms. The van der Waals surface area contributed by atoms with E-state index in [0.717, 1.165) is 33.4 Å². The Morgan fingerprint density at radius 3 is 2.19 bits per heavy atom. The quantitative estimate of drug-likeness (QED) is 0.392. The third-order valence-corrected chi connectivity index (χ3v) is 5.69. The van der Waals surface area contributed by atoms with Gasteiger partial charge in [0, 0.05) is 17.3 Å². The molecule has 0 fully saturated rings. The predicted molar refractivity (Wildman–Crippen MR) is 139 cm³/mol. The van der Waals surface area contributed by atoms with E-state index in [4.69, 9.17) is 19.1 Å². The van der Waals surface area contributed by atoms with Crippen molar-refractivity contribution >= 4 is 17.9 Å². The largest absolute Gasteiger partial charge is 0.496 e. The highest BCUT2D eigenvalue weighted by Crippen LogP contribution is 2.34. The molecule has 0 saturated heterocycles. The molecule has 0 radical (unpaired) electrons. The van der Waals surface area contributed by atoms with E-state index in [1.165, 1.54) is 11.0 Å². The number of aryl methyl sites for hydroxylation is 3. The van der Waals surface area contributed by atoms with E-state index in [1.807, 2.05) is 52.0 Å². The van der Waals surface area contributed by atoms with Gasteiger partial charge in [0.15, 0.2) is 0 Å². The molecule has 0 saturated carbocycles. The number of hydrogen-bond acceptors (Lipinski definition) is 6. The molecular weight excluding hydrogens is 475 g/mol. The van der Waals surface area contributed by atoms with Gasteiger partial charge in [0.2, 0.25) is 0 Å². The van der Waals surface area contributed by atoms with E-state index >= 15 is 4.39 Å². The van der Waals surface area contributed by atoms with Crippen LogP contribution in [0.3, 0.4) is 0 Å². The van der Waals surface area contributed by atoms with Crippen LogP contribution in [0.2, 0.25) is 0 Å². The van der Waals surface area contributed by atoms with Gasteiger partial charge in [-0.1, -0.05) is 24.3 Å². The third kappa shape index (κ3) is 7.24. The summed E-state index contributed by atoms with van der Waals surface area (Å²) in [5, 5.41) is 0. The minimum absolute atomic E-state index is 0.0323. The number of carbonyl (C=O) groups excluding carboxylic acids is 3. The van der Waals surface area contributed by atoms with Gasteiger partial charge in [-0.05, 0) is 82.9 Å². The van der Waals surface area contributed by atoms with Crippen LogP contribution in [-0.4, -0.2) is 29.9 Å². The molecule has 3 rings (SSSR count).